The molecule has 0 amide bonds. The van der Waals surface area contributed by atoms with Gasteiger partial charge in [0.25, 0.3) is 0 Å². The zero-order valence-corrected chi connectivity index (χ0v) is 14.4. The van der Waals surface area contributed by atoms with Crippen LogP contribution < -0.4 is 0 Å². The molecule has 120 valence electrons. The normalized spacial score (nSPS) is 11.3. The molecule has 2 nitrogen and oxygen atoms in total. The number of thioether (sulfide) groups is 1. The minimum absolute atomic E-state index is 0.241. The summed E-state index contributed by atoms with van der Waals surface area (Å²) in [6.45, 7) is 4.22. The minimum Gasteiger partial charge on any atom is -0.457 e. The van der Waals surface area contributed by atoms with E-state index in [1.165, 1.54) is 10.5 Å². The smallest absolute Gasteiger partial charge is 0.333 e. The zero-order valence-electron chi connectivity index (χ0n) is 13.6. The summed E-state index contributed by atoms with van der Waals surface area (Å²) in [7, 11) is 0. The topological polar surface area (TPSA) is 26.3 Å². The summed E-state index contributed by atoms with van der Waals surface area (Å²) in [6, 6.07) is 18.2. The van der Waals surface area contributed by atoms with Gasteiger partial charge in [0.2, 0.25) is 0 Å². The van der Waals surface area contributed by atoms with Gasteiger partial charge in [-0.3, -0.25) is 0 Å². The van der Waals surface area contributed by atoms with E-state index in [-0.39, 0.29) is 5.97 Å². The first kappa shape index (κ1) is 17.4. The largest absolute Gasteiger partial charge is 0.457 e. The van der Waals surface area contributed by atoms with Crippen LogP contribution in [0, 0.1) is 6.92 Å². The fraction of sp³-hybridized carbons (Fsp3) is 0.250. The van der Waals surface area contributed by atoms with Crippen molar-refractivity contribution in [1.29, 1.82) is 0 Å². The molecule has 0 unspecified atom stereocenters. The maximum absolute atomic E-state index is 11.9. The van der Waals surface area contributed by atoms with E-state index in [0.717, 1.165) is 17.7 Å². The average Bonchev–Trinajstić information content (AvgIpc) is 2.59. The minimum atomic E-state index is -0.241. The van der Waals surface area contributed by atoms with Gasteiger partial charge < -0.3 is 4.74 Å². The molecule has 0 aliphatic rings. The molecule has 2 aromatic rings. The molecule has 0 spiro atoms. The second-order valence-corrected chi connectivity index (χ2v) is 6.57. The van der Waals surface area contributed by atoms with Crippen molar-refractivity contribution in [3.63, 3.8) is 0 Å². The van der Waals surface area contributed by atoms with Crippen molar-refractivity contribution in [1.82, 2.24) is 0 Å². The second-order valence-electron chi connectivity index (χ2n) is 5.40. The van der Waals surface area contributed by atoms with E-state index >= 15 is 0 Å². The molecule has 0 saturated heterocycles. The highest BCUT2D eigenvalue weighted by Crippen LogP contribution is 2.19. The highest BCUT2D eigenvalue weighted by Gasteiger charge is 2.05. The summed E-state index contributed by atoms with van der Waals surface area (Å²) < 4.78 is 5.30. The SMILES string of the molecule is C/C(=C\CCSc1ccc(C)cc1)C(=O)OCc1ccccc1. The fourth-order valence-electron chi connectivity index (χ4n) is 2.01. The standard InChI is InChI=1S/C20H22O2S/c1-16-10-12-19(13-11-16)23-14-6-7-17(2)20(21)22-15-18-8-4-3-5-9-18/h3-5,7-13H,6,14-15H2,1-2H3/b17-7+. The van der Waals surface area contributed by atoms with Crippen LogP contribution in [0.4, 0.5) is 0 Å². The van der Waals surface area contributed by atoms with Gasteiger partial charge in [-0.05, 0) is 38.0 Å². The van der Waals surface area contributed by atoms with Gasteiger partial charge >= 0.3 is 5.97 Å². The van der Waals surface area contributed by atoms with E-state index in [2.05, 4.69) is 31.2 Å². The molecule has 2 rings (SSSR count). The Morgan fingerprint density at radius 3 is 2.48 bits per heavy atom. The Balaban J connectivity index is 1.71. The molecule has 0 aromatic heterocycles. The Bertz CT molecular complexity index is 645. The first-order valence-electron chi connectivity index (χ1n) is 7.72. The van der Waals surface area contributed by atoms with Crippen molar-refractivity contribution in [2.75, 3.05) is 5.75 Å². The summed E-state index contributed by atoms with van der Waals surface area (Å²) in [5.74, 6) is 0.709. The van der Waals surface area contributed by atoms with Crippen molar-refractivity contribution in [3.8, 4) is 0 Å². The van der Waals surface area contributed by atoms with Crippen LogP contribution in [0.2, 0.25) is 0 Å². The maximum atomic E-state index is 11.9. The van der Waals surface area contributed by atoms with Crippen molar-refractivity contribution >= 4 is 17.7 Å². The third kappa shape index (κ3) is 6.33. The second kappa shape index (κ2) is 9.21. The summed E-state index contributed by atoms with van der Waals surface area (Å²) in [5, 5.41) is 0. The van der Waals surface area contributed by atoms with Crippen LogP contribution in [-0.2, 0) is 16.1 Å². The van der Waals surface area contributed by atoms with Gasteiger partial charge in [0.05, 0.1) is 0 Å². The lowest BCUT2D eigenvalue weighted by atomic mass is 10.2. The molecule has 2 aromatic carbocycles. The number of hydrogen-bond acceptors (Lipinski definition) is 3. The summed E-state index contributed by atoms with van der Waals surface area (Å²) in [5.41, 5.74) is 2.94. The molecular weight excluding hydrogens is 304 g/mol. The Hall–Kier alpha value is -2.00. The van der Waals surface area contributed by atoms with Gasteiger partial charge in [-0.15, -0.1) is 11.8 Å². The van der Waals surface area contributed by atoms with Gasteiger partial charge in [-0.1, -0.05) is 54.1 Å². The third-order valence-electron chi connectivity index (χ3n) is 3.39. The van der Waals surface area contributed by atoms with Crippen LogP contribution >= 0.6 is 11.8 Å². The summed E-state index contributed by atoms with van der Waals surface area (Å²) >= 11 is 1.80. The van der Waals surface area contributed by atoms with Crippen LogP contribution in [0.5, 0.6) is 0 Å². The van der Waals surface area contributed by atoms with Crippen molar-refractivity contribution in [3.05, 3.63) is 77.4 Å². The van der Waals surface area contributed by atoms with Gasteiger partial charge in [0, 0.05) is 16.2 Å². The molecule has 0 aliphatic carbocycles. The Morgan fingerprint density at radius 2 is 1.78 bits per heavy atom. The average molecular weight is 326 g/mol. The number of carbonyl (C=O) groups excluding carboxylic acids is 1. The van der Waals surface area contributed by atoms with E-state index in [1.54, 1.807) is 11.8 Å². The number of benzene rings is 2. The Kier molecular flexibility index (Phi) is 6.95. The van der Waals surface area contributed by atoms with Crippen LogP contribution in [0.15, 0.2) is 71.1 Å². The van der Waals surface area contributed by atoms with Crippen molar-refractivity contribution < 1.29 is 9.53 Å². The molecule has 0 heterocycles. The Labute approximate surface area is 142 Å². The molecule has 0 N–H and O–H groups in total. The molecule has 0 bridgehead atoms. The summed E-state index contributed by atoms with van der Waals surface area (Å²) in [4.78, 5) is 13.2. The van der Waals surface area contributed by atoms with Crippen LogP contribution in [0.3, 0.4) is 0 Å². The predicted molar refractivity (Wildman–Crippen MR) is 96.5 cm³/mol. The number of ether oxygens (including phenoxy) is 1. The molecule has 23 heavy (non-hydrogen) atoms. The highest BCUT2D eigenvalue weighted by atomic mass is 32.2. The van der Waals surface area contributed by atoms with E-state index in [9.17, 15) is 4.79 Å². The van der Waals surface area contributed by atoms with Gasteiger partial charge in [-0.25, -0.2) is 4.79 Å². The monoisotopic (exact) mass is 326 g/mol. The molecule has 0 aliphatic heterocycles. The lowest BCUT2D eigenvalue weighted by Gasteiger charge is -2.05. The molecular formula is C20H22O2S. The number of carbonyl (C=O) groups is 1. The van der Waals surface area contributed by atoms with E-state index < -0.39 is 0 Å². The van der Waals surface area contributed by atoms with Crippen LogP contribution in [0.1, 0.15) is 24.5 Å². The van der Waals surface area contributed by atoms with Crippen molar-refractivity contribution in [2.24, 2.45) is 0 Å². The van der Waals surface area contributed by atoms with Gasteiger partial charge in [-0.2, -0.15) is 0 Å². The number of aryl methyl sites for hydroxylation is 1. The summed E-state index contributed by atoms with van der Waals surface area (Å²) in [6.07, 6.45) is 2.80. The molecule has 0 fully saturated rings. The first-order chi connectivity index (χ1) is 11.1. The van der Waals surface area contributed by atoms with E-state index in [4.69, 9.17) is 4.74 Å². The molecule has 0 radical (unpaired) electrons. The molecule has 0 atom stereocenters. The third-order valence-corrected chi connectivity index (χ3v) is 4.44. The number of rotatable bonds is 7. The highest BCUT2D eigenvalue weighted by molar-refractivity contribution is 7.99. The van der Waals surface area contributed by atoms with Crippen molar-refractivity contribution in [2.45, 2.75) is 31.8 Å². The molecule has 0 saturated carbocycles. The zero-order chi connectivity index (χ0) is 16.5. The van der Waals surface area contributed by atoms with E-state index in [1.807, 2.05) is 43.3 Å². The maximum Gasteiger partial charge on any atom is 0.333 e. The quantitative estimate of drug-likeness (QED) is 0.304. The Morgan fingerprint density at radius 1 is 1.09 bits per heavy atom. The van der Waals surface area contributed by atoms with Crippen LogP contribution in [-0.4, -0.2) is 11.7 Å². The van der Waals surface area contributed by atoms with Gasteiger partial charge in [0.15, 0.2) is 0 Å². The first-order valence-corrected chi connectivity index (χ1v) is 8.71. The number of esters is 1. The van der Waals surface area contributed by atoms with E-state index in [0.29, 0.717) is 12.2 Å². The lowest BCUT2D eigenvalue weighted by molar-refractivity contribution is -0.140. The predicted octanol–water partition coefficient (Wildman–Crippen LogP) is 5.17. The molecule has 3 heteroatoms. The number of allylic oxidation sites excluding steroid dienone is 1. The number of hydrogen-bond donors (Lipinski definition) is 0. The van der Waals surface area contributed by atoms with Crippen LogP contribution in [0.25, 0.3) is 0 Å². The fourth-order valence-corrected chi connectivity index (χ4v) is 2.81. The van der Waals surface area contributed by atoms with Gasteiger partial charge in [0.1, 0.15) is 6.61 Å². The lowest BCUT2D eigenvalue weighted by Crippen LogP contribution is -2.05.